The van der Waals surface area contributed by atoms with Crippen molar-refractivity contribution < 1.29 is 9.53 Å². The summed E-state index contributed by atoms with van der Waals surface area (Å²) < 4.78 is 4.49. The van der Waals surface area contributed by atoms with E-state index in [-0.39, 0.29) is 5.97 Å². The molecule has 3 nitrogen and oxygen atoms in total. The van der Waals surface area contributed by atoms with Gasteiger partial charge in [0, 0.05) is 16.7 Å². The van der Waals surface area contributed by atoms with Crippen LogP contribution in [0.15, 0.2) is 29.2 Å². The Morgan fingerprint density at radius 1 is 1.53 bits per heavy atom. The molecule has 0 radical (unpaired) electrons. The van der Waals surface area contributed by atoms with Gasteiger partial charge < -0.3 is 10.5 Å². The summed E-state index contributed by atoms with van der Waals surface area (Å²) in [5, 5.41) is 0. The van der Waals surface area contributed by atoms with Gasteiger partial charge in [-0.2, -0.15) is 0 Å². The maximum absolute atomic E-state index is 10.9. The summed E-state index contributed by atoms with van der Waals surface area (Å²) in [6.07, 6.45) is 4.98. The van der Waals surface area contributed by atoms with Crippen molar-refractivity contribution in [3.05, 3.63) is 29.8 Å². The minimum atomic E-state index is -0.386. The minimum Gasteiger partial charge on any atom is -0.466 e. The van der Waals surface area contributed by atoms with Gasteiger partial charge in [0.25, 0.3) is 0 Å². The molecule has 2 N–H and O–H groups in total. The summed E-state index contributed by atoms with van der Waals surface area (Å²) in [6, 6.07) is 5.71. The van der Waals surface area contributed by atoms with Crippen molar-refractivity contribution in [1.82, 2.24) is 0 Å². The smallest absolute Gasteiger partial charge is 0.330 e. The van der Waals surface area contributed by atoms with E-state index < -0.39 is 0 Å². The monoisotopic (exact) mass is 223 g/mol. The van der Waals surface area contributed by atoms with Crippen molar-refractivity contribution in [2.75, 3.05) is 19.1 Å². The quantitative estimate of drug-likeness (QED) is 0.369. The van der Waals surface area contributed by atoms with Gasteiger partial charge in [-0.15, -0.1) is 11.8 Å². The number of carbonyl (C=O) groups is 1. The van der Waals surface area contributed by atoms with Gasteiger partial charge in [0.05, 0.1) is 7.11 Å². The summed E-state index contributed by atoms with van der Waals surface area (Å²) in [7, 11) is 1.34. The number of rotatable bonds is 3. The van der Waals surface area contributed by atoms with Crippen LogP contribution in [0.3, 0.4) is 0 Å². The number of benzene rings is 1. The zero-order valence-corrected chi connectivity index (χ0v) is 9.51. The third kappa shape index (κ3) is 3.32. The highest BCUT2D eigenvalue weighted by Gasteiger charge is 1.98. The van der Waals surface area contributed by atoms with E-state index in [4.69, 9.17) is 5.73 Å². The van der Waals surface area contributed by atoms with Gasteiger partial charge in [0.2, 0.25) is 0 Å². The predicted molar refractivity (Wildman–Crippen MR) is 63.7 cm³/mol. The molecule has 0 unspecified atom stereocenters. The van der Waals surface area contributed by atoms with Crippen LogP contribution in [0.2, 0.25) is 0 Å². The molecule has 0 spiro atoms. The van der Waals surface area contributed by atoms with Crippen molar-refractivity contribution in [2.45, 2.75) is 4.90 Å². The molecule has 1 rings (SSSR count). The summed E-state index contributed by atoms with van der Waals surface area (Å²) in [4.78, 5) is 12.0. The van der Waals surface area contributed by atoms with Crippen LogP contribution >= 0.6 is 11.8 Å². The van der Waals surface area contributed by atoms with E-state index >= 15 is 0 Å². The Labute approximate surface area is 93.3 Å². The zero-order chi connectivity index (χ0) is 11.3. The van der Waals surface area contributed by atoms with E-state index in [2.05, 4.69) is 4.74 Å². The number of anilines is 1. The van der Waals surface area contributed by atoms with Crippen LogP contribution in [0.5, 0.6) is 0 Å². The van der Waals surface area contributed by atoms with Crippen molar-refractivity contribution >= 4 is 29.5 Å². The van der Waals surface area contributed by atoms with Gasteiger partial charge >= 0.3 is 5.97 Å². The third-order valence-electron chi connectivity index (χ3n) is 1.89. The minimum absolute atomic E-state index is 0.386. The number of hydrogen-bond acceptors (Lipinski definition) is 4. The first kappa shape index (κ1) is 11.7. The molecule has 1 aromatic carbocycles. The van der Waals surface area contributed by atoms with Crippen LogP contribution in [-0.4, -0.2) is 19.3 Å². The Balaban J connectivity index is 2.87. The SMILES string of the molecule is COC(=O)/C=C/c1ccc(SC)cc1N. The Bertz CT molecular complexity index is 388. The second kappa shape index (κ2) is 5.46. The van der Waals surface area contributed by atoms with E-state index in [1.165, 1.54) is 13.2 Å². The van der Waals surface area contributed by atoms with E-state index in [0.717, 1.165) is 10.5 Å². The lowest BCUT2D eigenvalue weighted by Crippen LogP contribution is -1.94. The second-order valence-corrected chi connectivity index (χ2v) is 3.73. The normalized spacial score (nSPS) is 10.5. The average molecular weight is 223 g/mol. The molecule has 0 saturated heterocycles. The lowest BCUT2D eigenvalue weighted by molar-refractivity contribution is -0.134. The van der Waals surface area contributed by atoms with Gasteiger partial charge in [-0.1, -0.05) is 6.07 Å². The molecule has 0 aliphatic carbocycles. The number of hydrogen-bond donors (Lipinski definition) is 1. The zero-order valence-electron chi connectivity index (χ0n) is 8.69. The highest BCUT2D eigenvalue weighted by atomic mass is 32.2. The second-order valence-electron chi connectivity index (χ2n) is 2.85. The molecule has 0 aliphatic rings. The molecule has 0 aromatic heterocycles. The molecule has 0 aliphatic heterocycles. The highest BCUT2D eigenvalue weighted by molar-refractivity contribution is 7.98. The van der Waals surface area contributed by atoms with Crippen LogP contribution in [-0.2, 0) is 9.53 Å². The van der Waals surface area contributed by atoms with Crippen molar-refractivity contribution in [2.24, 2.45) is 0 Å². The van der Waals surface area contributed by atoms with Crippen LogP contribution in [0.25, 0.3) is 6.08 Å². The van der Waals surface area contributed by atoms with E-state index in [0.29, 0.717) is 5.69 Å². The summed E-state index contributed by atoms with van der Waals surface area (Å²) in [5.41, 5.74) is 7.28. The molecule has 0 amide bonds. The Morgan fingerprint density at radius 2 is 2.27 bits per heavy atom. The highest BCUT2D eigenvalue weighted by Crippen LogP contribution is 2.21. The standard InChI is InChI=1S/C11H13NO2S/c1-14-11(13)6-4-8-3-5-9(15-2)7-10(8)12/h3-7H,12H2,1-2H3/b6-4+. The molecular formula is C11H13NO2S. The van der Waals surface area contributed by atoms with E-state index in [1.807, 2.05) is 24.5 Å². The average Bonchev–Trinajstić information content (AvgIpc) is 2.26. The van der Waals surface area contributed by atoms with Gasteiger partial charge in [-0.05, 0) is 30.0 Å². The van der Waals surface area contributed by atoms with Crippen molar-refractivity contribution in [1.29, 1.82) is 0 Å². The maximum Gasteiger partial charge on any atom is 0.330 e. The largest absolute Gasteiger partial charge is 0.466 e. The van der Waals surface area contributed by atoms with Crippen LogP contribution < -0.4 is 5.73 Å². The molecule has 0 atom stereocenters. The molecular weight excluding hydrogens is 210 g/mol. The summed E-state index contributed by atoms with van der Waals surface area (Å²) >= 11 is 1.62. The number of thioether (sulfide) groups is 1. The van der Waals surface area contributed by atoms with Gasteiger partial charge in [-0.3, -0.25) is 0 Å². The number of carbonyl (C=O) groups excluding carboxylic acids is 1. The van der Waals surface area contributed by atoms with Crippen molar-refractivity contribution in [3.8, 4) is 0 Å². The van der Waals surface area contributed by atoms with Gasteiger partial charge in [-0.25, -0.2) is 4.79 Å². The van der Waals surface area contributed by atoms with Crippen LogP contribution in [0.4, 0.5) is 5.69 Å². The van der Waals surface area contributed by atoms with E-state index in [9.17, 15) is 4.79 Å². The summed E-state index contributed by atoms with van der Waals surface area (Å²) in [5.74, 6) is -0.386. The Morgan fingerprint density at radius 3 is 2.80 bits per heavy atom. The Hall–Kier alpha value is -1.42. The maximum atomic E-state index is 10.9. The molecule has 1 aromatic rings. The predicted octanol–water partition coefficient (Wildman–Crippen LogP) is 2.18. The molecule has 0 bridgehead atoms. The number of nitrogen functional groups attached to an aromatic ring is 1. The van der Waals surface area contributed by atoms with Gasteiger partial charge in [0.15, 0.2) is 0 Å². The topological polar surface area (TPSA) is 52.3 Å². The van der Waals surface area contributed by atoms with E-state index in [1.54, 1.807) is 17.8 Å². The number of esters is 1. The first-order valence-corrected chi connectivity index (χ1v) is 5.59. The van der Waals surface area contributed by atoms with Gasteiger partial charge in [0.1, 0.15) is 0 Å². The van der Waals surface area contributed by atoms with Crippen molar-refractivity contribution in [3.63, 3.8) is 0 Å². The first-order valence-electron chi connectivity index (χ1n) is 4.37. The number of ether oxygens (including phenoxy) is 1. The fourth-order valence-electron chi connectivity index (χ4n) is 1.06. The fourth-order valence-corrected chi connectivity index (χ4v) is 1.51. The summed E-state index contributed by atoms with van der Waals surface area (Å²) in [6.45, 7) is 0. The lowest BCUT2D eigenvalue weighted by atomic mass is 10.1. The Kier molecular flexibility index (Phi) is 4.24. The molecule has 0 saturated carbocycles. The van der Waals surface area contributed by atoms with Crippen LogP contribution in [0, 0.1) is 0 Å². The fraction of sp³-hybridized carbons (Fsp3) is 0.182. The number of methoxy groups -OCH3 is 1. The molecule has 4 heteroatoms. The number of nitrogens with two attached hydrogens (primary N) is 1. The third-order valence-corrected chi connectivity index (χ3v) is 2.62. The molecule has 80 valence electrons. The first-order chi connectivity index (χ1) is 7.17. The molecule has 0 fully saturated rings. The molecule has 0 heterocycles. The lowest BCUT2D eigenvalue weighted by Gasteiger charge is -2.02. The van der Waals surface area contributed by atoms with Crippen LogP contribution in [0.1, 0.15) is 5.56 Å². The molecule has 15 heavy (non-hydrogen) atoms.